The molecule has 20 heavy (non-hydrogen) atoms. The summed E-state index contributed by atoms with van der Waals surface area (Å²) in [5, 5.41) is 0. The molecule has 1 aromatic rings. The van der Waals surface area contributed by atoms with Crippen molar-refractivity contribution in [2.24, 2.45) is 0 Å². The first-order valence-corrected chi connectivity index (χ1v) is 6.83. The van der Waals surface area contributed by atoms with Crippen molar-refractivity contribution in [3.05, 3.63) is 29.8 Å². The van der Waals surface area contributed by atoms with Gasteiger partial charge in [0.1, 0.15) is 5.75 Å². The Bertz CT molecular complexity index is 477. The fourth-order valence-corrected chi connectivity index (χ4v) is 2.10. The van der Waals surface area contributed by atoms with E-state index in [1.807, 2.05) is 39.8 Å². The van der Waals surface area contributed by atoms with Gasteiger partial charge in [0.15, 0.2) is 0 Å². The smallest absolute Gasteiger partial charge is 0.427 e. The number of esters is 1. The number of benzene rings is 1. The predicted molar refractivity (Wildman–Crippen MR) is 77.5 cm³/mol. The summed E-state index contributed by atoms with van der Waals surface area (Å²) in [7, 11) is -0.250. The van der Waals surface area contributed by atoms with Crippen molar-refractivity contribution in [3.8, 4) is 5.75 Å². The fourth-order valence-electron chi connectivity index (χ4n) is 2.10. The lowest BCUT2D eigenvalue weighted by molar-refractivity contribution is -0.131. The van der Waals surface area contributed by atoms with Crippen LogP contribution in [0.4, 0.5) is 0 Å². The number of carbonyl (C=O) groups is 1. The molecule has 1 aliphatic heterocycles. The molecule has 0 radical (unpaired) electrons. The Kier molecular flexibility index (Phi) is 3.94. The Hall–Kier alpha value is -1.33. The van der Waals surface area contributed by atoms with Gasteiger partial charge in [-0.2, -0.15) is 0 Å². The van der Waals surface area contributed by atoms with Gasteiger partial charge in [0.25, 0.3) is 0 Å². The minimum atomic E-state index is -0.316. The second kappa shape index (κ2) is 5.22. The summed E-state index contributed by atoms with van der Waals surface area (Å²) in [5.74, 6) is 0.235. The van der Waals surface area contributed by atoms with E-state index >= 15 is 0 Å². The summed E-state index contributed by atoms with van der Waals surface area (Å²) < 4.78 is 16.9. The van der Waals surface area contributed by atoms with Gasteiger partial charge in [0.2, 0.25) is 0 Å². The van der Waals surface area contributed by atoms with E-state index in [-0.39, 0.29) is 24.3 Å². The Balaban J connectivity index is 2.00. The highest BCUT2D eigenvalue weighted by Crippen LogP contribution is 2.37. The lowest BCUT2D eigenvalue weighted by atomic mass is 9.81. The van der Waals surface area contributed by atoms with Crippen LogP contribution in [-0.4, -0.2) is 24.3 Å². The summed E-state index contributed by atoms with van der Waals surface area (Å²) in [6.45, 7) is 9.54. The van der Waals surface area contributed by atoms with Gasteiger partial charge in [-0.1, -0.05) is 12.1 Å². The molecule has 0 unspecified atom stereocenters. The highest BCUT2D eigenvalue weighted by atomic mass is 16.7. The van der Waals surface area contributed by atoms with Gasteiger partial charge >= 0.3 is 13.1 Å². The van der Waals surface area contributed by atoms with Crippen LogP contribution in [0.3, 0.4) is 0 Å². The zero-order chi connectivity index (χ0) is 15.0. The van der Waals surface area contributed by atoms with Gasteiger partial charge in [-0.3, -0.25) is 4.79 Å². The van der Waals surface area contributed by atoms with Crippen molar-refractivity contribution in [2.45, 2.75) is 52.1 Å². The van der Waals surface area contributed by atoms with Crippen molar-refractivity contribution >= 4 is 13.1 Å². The standard InChI is InChI=1S/C15H21BO4/c1-11(17)18-13-8-6-12(7-9-13)10-16-19-14(2,3)15(4,5)20-16/h6-9H,10H2,1-5H3. The molecule has 0 N–H and O–H groups in total. The quantitative estimate of drug-likeness (QED) is 0.484. The predicted octanol–water partition coefficient (Wildman–Crippen LogP) is 2.79. The Morgan fingerprint density at radius 2 is 1.60 bits per heavy atom. The Morgan fingerprint density at radius 3 is 2.05 bits per heavy atom. The number of ether oxygens (including phenoxy) is 1. The van der Waals surface area contributed by atoms with Crippen molar-refractivity contribution in [2.75, 3.05) is 0 Å². The number of hydrogen-bond donors (Lipinski definition) is 0. The summed E-state index contributed by atoms with van der Waals surface area (Å²) in [6.07, 6.45) is 0.674. The molecule has 0 saturated carbocycles. The summed E-state index contributed by atoms with van der Waals surface area (Å²) >= 11 is 0. The third kappa shape index (κ3) is 3.22. The van der Waals surface area contributed by atoms with Crippen molar-refractivity contribution in [1.82, 2.24) is 0 Å². The first kappa shape index (κ1) is 15.1. The van der Waals surface area contributed by atoms with Crippen LogP contribution in [-0.2, 0) is 20.4 Å². The van der Waals surface area contributed by atoms with Gasteiger partial charge in [0.05, 0.1) is 11.2 Å². The maximum absolute atomic E-state index is 10.9. The minimum Gasteiger partial charge on any atom is -0.427 e. The molecular formula is C15H21BO4. The van der Waals surface area contributed by atoms with Gasteiger partial charge in [-0.15, -0.1) is 0 Å². The summed E-state index contributed by atoms with van der Waals surface area (Å²) in [5.41, 5.74) is 0.462. The van der Waals surface area contributed by atoms with Crippen molar-refractivity contribution < 1.29 is 18.8 Å². The molecule has 0 bridgehead atoms. The lowest BCUT2D eigenvalue weighted by Crippen LogP contribution is -2.41. The molecule has 5 heteroatoms. The molecule has 1 aromatic carbocycles. The first-order valence-electron chi connectivity index (χ1n) is 6.83. The molecule has 2 rings (SSSR count). The normalized spacial score (nSPS) is 19.9. The Labute approximate surface area is 120 Å². The number of rotatable bonds is 3. The number of hydrogen-bond acceptors (Lipinski definition) is 4. The molecule has 1 saturated heterocycles. The third-order valence-corrected chi connectivity index (χ3v) is 3.89. The molecule has 0 amide bonds. The van der Waals surface area contributed by atoms with Crippen LogP contribution >= 0.6 is 0 Å². The summed E-state index contributed by atoms with van der Waals surface area (Å²) in [6, 6.07) is 7.40. The van der Waals surface area contributed by atoms with E-state index in [1.165, 1.54) is 6.92 Å². The maximum Gasteiger partial charge on any atom is 0.462 e. The first-order chi connectivity index (χ1) is 9.19. The minimum absolute atomic E-state index is 0.250. The van der Waals surface area contributed by atoms with Crippen LogP contribution in [0.15, 0.2) is 24.3 Å². The third-order valence-electron chi connectivity index (χ3n) is 3.89. The molecule has 1 fully saturated rings. The van der Waals surface area contributed by atoms with Crippen LogP contribution in [0.1, 0.15) is 40.2 Å². The highest BCUT2D eigenvalue weighted by molar-refractivity contribution is 6.45. The molecule has 1 heterocycles. The molecule has 108 valence electrons. The van der Waals surface area contributed by atoms with E-state index in [1.54, 1.807) is 12.1 Å². The van der Waals surface area contributed by atoms with E-state index in [4.69, 9.17) is 14.0 Å². The van der Waals surface area contributed by atoms with Crippen LogP contribution in [0.25, 0.3) is 0 Å². The van der Waals surface area contributed by atoms with Crippen LogP contribution in [0.2, 0.25) is 0 Å². The topological polar surface area (TPSA) is 44.8 Å². The number of carbonyl (C=O) groups excluding carboxylic acids is 1. The molecule has 1 aliphatic rings. The lowest BCUT2D eigenvalue weighted by Gasteiger charge is -2.32. The average molecular weight is 276 g/mol. The van der Waals surface area contributed by atoms with Crippen molar-refractivity contribution in [1.29, 1.82) is 0 Å². The van der Waals surface area contributed by atoms with E-state index in [0.29, 0.717) is 12.1 Å². The van der Waals surface area contributed by atoms with E-state index in [0.717, 1.165) is 5.56 Å². The van der Waals surface area contributed by atoms with E-state index in [2.05, 4.69) is 0 Å². The zero-order valence-electron chi connectivity index (χ0n) is 12.7. The van der Waals surface area contributed by atoms with Crippen LogP contribution in [0, 0.1) is 0 Å². The monoisotopic (exact) mass is 276 g/mol. The molecule has 0 aromatic heterocycles. The van der Waals surface area contributed by atoms with E-state index in [9.17, 15) is 4.79 Å². The second-order valence-corrected chi connectivity index (χ2v) is 6.13. The molecule has 0 spiro atoms. The highest BCUT2D eigenvalue weighted by Gasteiger charge is 2.50. The van der Waals surface area contributed by atoms with Gasteiger partial charge in [-0.05, 0) is 45.4 Å². The maximum atomic E-state index is 10.9. The average Bonchev–Trinajstić information content (AvgIpc) is 2.49. The molecule has 4 nitrogen and oxygen atoms in total. The van der Waals surface area contributed by atoms with E-state index < -0.39 is 0 Å². The summed E-state index contributed by atoms with van der Waals surface area (Å²) in [4.78, 5) is 10.9. The Morgan fingerprint density at radius 1 is 1.10 bits per heavy atom. The van der Waals surface area contributed by atoms with Gasteiger partial charge in [0, 0.05) is 13.2 Å². The van der Waals surface area contributed by atoms with Crippen LogP contribution < -0.4 is 4.74 Å². The molecule has 0 aliphatic carbocycles. The fraction of sp³-hybridized carbons (Fsp3) is 0.533. The zero-order valence-corrected chi connectivity index (χ0v) is 12.7. The van der Waals surface area contributed by atoms with Gasteiger partial charge < -0.3 is 14.0 Å². The van der Waals surface area contributed by atoms with Crippen molar-refractivity contribution in [3.63, 3.8) is 0 Å². The van der Waals surface area contributed by atoms with Crippen LogP contribution in [0.5, 0.6) is 5.75 Å². The largest absolute Gasteiger partial charge is 0.462 e. The van der Waals surface area contributed by atoms with Gasteiger partial charge in [-0.25, -0.2) is 0 Å². The second-order valence-electron chi connectivity index (χ2n) is 6.13. The molecular weight excluding hydrogens is 255 g/mol. The SMILES string of the molecule is CC(=O)Oc1ccc(CB2OC(C)(C)C(C)(C)O2)cc1. The molecule has 0 atom stereocenters.